The zero-order chi connectivity index (χ0) is 16.8. The number of hydrogen-bond donors (Lipinski definition) is 2. The van der Waals surface area contributed by atoms with Crippen LogP contribution < -0.4 is 5.73 Å². The minimum absolute atomic E-state index is 0.221. The Hall–Kier alpha value is -0.943. The third-order valence-electron chi connectivity index (χ3n) is 3.52. The highest BCUT2D eigenvalue weighted by Gasteiger charge is 2.37. The van der Waals surface area contributed by atoms with Gasteiger partial charge in [0.15, 0.2) is 0 Å². The molecule has 0 rings (SSSR count). The molecule has 132 valence electrons. The van der Waals surface area contributed by atoms with Gasteiger partial charge < -0.3 is 29.4 Å². The van der Waals surface area contributed by atoms with Crippen molar-refractivity contribution >= 4 is 8.80 Å². The van der Waals surface area contributed by atoms with Crippen molar-refractivity contribution in [1.29, 1.82) is 0 Å². The molecule has 0 amide bonds. The second kappa shape index (κ2) is 12.6. The van der Waals surface area contributed by atoms with Gasteiger partial charge in [-0.3, -0.25) is 0 Å². The van der Waals surface area contributed by atoms with Crippen molar-refractivity contribution in [1.82, 2.24) is 5.01 Å². The van der Waals surface area contributed by atoms with Gasteiger partial charge >= 0.3 is 8.80 Å². The molecule has 0 heterocycles. The normalized spacial score (nSPS) is 12.6. The van der Waals surface area contributed by atoms with Crippen LogP contribution in [0.5, 0.6) is 0 Å². The van der Waals surface area contributed by atoms with E-state index in [1.54, 1.807) is 21.3 Å². The molecule has 0 radical (unpaired) electrons. The minimum atomic E-state index is -2.63. The van der Waals surface area contributed by atoms with E-state index in [0.29, 0.717) is 32.1 Å². The van der Waals surface area contributed by atoms with Crippen LogP contribution in [0.2, 0.25) is 6.04 Å². The standard InChI is InChI=1S/C12H30N4O5Si/c1-19-22(20-2,21-3)12-8-11-15(16(18)14-17)10-7-5-4-6-9-13/h17H,4-13H2,1-3H3. The largest absolute Gasteiger partial charge is 0.569 e. The van der Waals surface area contributed by atoms with E-state index in [1.165, 1.54) is 5.01 Å². The average molecular weight is 338 g/mol. The Bertz CT molecular complexity index is 297. The lowest BCUT2D eigenvalue weighted by atomic mass is 10.2. The van der Waals surface area contributed by atoms with Gasteiger partial charge in [-0.05, 0) is 25.8 Å². The number of nitrogens with zero attached hydrogens (tertiary/aromatic N) is 3. The molecule has 0 aliphatic carbocycles. The quantitative estimate of drug-likeness (QED) is 0.161. The molecule has 22 heavy (non-hydrogen) atoms. The van der Waals surface area contributed by atoms with Gasteiger partial charge in [0, 0.05) is 27.4 Å². The van der Waals surface area contributed by atoms with Crippen molar-refractivity contribution < 1.29 is 23.5 Å². The van der Waals surface area contributed by atoms with E-state index >= 15 is 0 Å². The first-order valence-corrected chi connectivity index (χ1v) is 9.45. The Morgan fingerprint density at radius 1 is 1.05 bits per heavy atom. The number of hydrogen-bond acceptors (Lipinski definition) is 6. The lowest BCUT2D eigenvalue weighted by molar-refractivity contribution is -0.709. The Morgan fingerprint density at radius 2 is 1.59 bits per heavy atom. The fourth-order valence-electron chi connectivity index (χ4n) is 2.17. The van der Waals surface area contributed by atoms with Crippen LogP contribution in [0.1, 0.15) is 32.1 Å². The summed E-state index contributed by atoms with van der Waals surface area (Å²) in [5.41, 5.74) is 5.44. The monoisotopic (exact) mass is 338 g/mol. The number of rotatable bonds is 14. The minimum Gasteiger partial charge on any atom is -0.569 e. The topological polar surface area (TPSA) is 116 Å². The predicted octanol–water partition coefficient (Wildman–Crippen LogP) is 1.34. The molecule has 0 fully saturated rings. The van der Waals surface area contributed by atoms with Crippen LogP contribution in [0, 0.1) is 5.21 Å². The second-order valence-electron chi connectivity index (χ2n) is 4.90. The Labute approximate surface area is 133 Å². The van der Waals surface area contributed by atoms with Gasteiger partial charge in [0.1, 0.15) is 0 Å². The van der Waals surface area contributed by atoms with Gasteiger partial charge in [-0.1, -0.05) is 12.8 Å². The Balaban J connectivity index is 4.25. The predicted molar refractivity (Wildman–Crippen MR) is 83.1 cm³/mol. The van der Waals surface area contributed by atoms with Crippen molar-refractivity contribution in [2.24, 2.45) is 11.0 Å². The first-order chi connectivity index (χ1) is 10.6. The molecule has 0 aliphatic heterocycles. The summed E-state index contributed by atoms with van der Waals surface area (Å²) >= 11 is 0. The van der Waals surface area contributed by atoms with Crippen LogP contribution in [0.4, 0.5) is 0 Å². The van der Waals surface area contributed by atoms with Crippen LogP contribution >= 0.6 is 0 Å². The van der Waals surface area contributed by atoms with Gasteiger partial charge in [-0.15, -0.1) is 5.01 Å². The summed E-state index contributed by atoms with van der Waals surface area (Å²) in [5.74, 6) is 0. The summed E-state index contributed by atoms with van der Waals surface area (Å²) in [7, 11) is 2.03. The summed E-state index contributed by atoms with van der Waals surface area (Å²) in [5, 5.41) is 24.3. The average Bonchev–Trinajstić information content (AvgIpc) is 2.56. The molecule has 10 heteroatoms. The molecule has 0 saturated heterocycles. The van der Waals surface area contributed by atoms with Gasteiger partial charge in [0.2, 0.25) is 5.28 Å². The maximum Gasteiger partial charge on any atom is 0.500 e. The highest BCUT2D eigenvalue weighted by Crippen LogP contribution is 2.15. The van der Waals surface area contributed by atoms with Gasteiger partial charge in [-0.2, -0.15) is 0 Å². The summed E-state index contributed by atoms with van der Waals surface area (Å²) in [6.07, 6.45) is 4.48. The van der Waals surface area contributed by atoms with E-state index in [4.69, 9.17) is 24.2 Å². The third kappa shape index (κ3) is 7.89. The van der Waals surface area contributed by atoms with Crippen molar-refractivity contribution in [3.63, 3.8) is 0 Å². The van der Waals surface area contributed by atoms with Gasteiger partial charge in [-0.25, -0.2) is 0 Å². The molecule has 9 nitrogen and oxygen atoms in total. The Kier molecular flexibility index (Phi) is 12.0. The van der Waals surface area contributed by atoms with E-state index in [1.807, 2.05) is 0 Å². The highest BCUT2D eigenvalue weighted by atomic mass is 28.4. The van der Waals surface area contributed by atoms with Crippen LogP contribution in [0.25, 0.3) is 0 Å². The maximum atomic E-state index is 11.5. The Morgan fingerprint density at radius 3 is 2.09 bits per heavy atom. The lowest BCUT2D eigenvalue weighted by Gasteiger charge is -2.25. The smallest absolute Gasteiger partial charge is 0.500 e. The first-order valence-electron chi connectivity index (χ1n) is 7.51. The van der Waals surface area contributed by atoms with Crippen molar-refractivity contribution in [3.05, 3.63) is 5.21 Å². The molecule has 0 aliphatic rings. The molecule has 0 bridgehead atoms. The highest BCUT2D eigenvalue weighted by molar-refractivity contribution is 6.60. The molecular formula is C12H30N4O5Si. The molecule has 0 spiro atoms. The second-order valence-corrected chi connectivity index (χ2v) is 7.99. The van der Waals surface area contributed by atoms with Crippen molar-refractivity contribution in [2.75, 3.05) is 41.0 Å². The SMILES string of the molecule is CO[Si](CCCN(CCCCCCN)[N+]([O-])=NO)(OC)OC. The summed E-state index contributed by atoms with van der Waals surface area (Å²) in [6, 6.07) is 0.583. The van der Waals surface area contributed by atoms with Crippen LogP contribution in [-0.2, 0) is 13.3 Å². The summed E-state index contributed by atoms with van der Waals surface area (Å²) in [4.78, 5) is 0.221. The first kappa shape index (κ1) is 21.1. The zero-order valence-corrected chi connectivity index (χ0v) is 14.9. The van der Waals surface area contributed by atoms with Crippen molar-refractivity contribution in [2.45, 2.75) is 38.1 Å². The molecule has 0 saturated carbocycles. The zero-order valence-electron chi connectivity index (χ0n) is 13.9. The van der Waals surface area contributed by atoms with Gasteiger partial charge in [0.25, 0.3) is 0 Å². The number of hydrazine groups is 1. The lowest BCUT2D eigenvalue weighted by Crippen LogP contribution is -2.43. The molecule has 0 atom stereocenters. The number of unbranched alkanes of at least 4 members (excludes halogenated alkanes) is 3. The molecule has 0 aromatic rings. The summed E-state index contributed by atoms with van der Waals surface area (Å²) < 4.78 is 16.0. The van der Waals surface area contributed by atoms with E-state index in [2.05, 4.69) is 5.28 Å². The fourth-order valence-corrected chi connectivity index (χ4v) is 3.87. The van der Waals surface area contributed by atoms with Crippen LogP contribution in [-0.4, -0.2) is 65.0 Å². The summed E-state index contributed by atoms with van der Waals surface area (Å²) in [6.45, 7) is 1.65. The maximum absolute atomic E-state index is 11.5. The van der Waals surface area contributed by atoms with Crippen LogP contribution in [0.3, 0.4) is 0 Å². The number of nitrogens with two attached hydrogens (primary N) is 1. The van der Waals surface area contributed by atoms with E-state index in [0.717, 1.165) is 25.7 Å². The molecule has 3 N–H and O–H groups in total. The van der Waals surface area contributed by atoms with Crippen molar-refractivity contribution in [3.8, 4) is 0 Å². The van der Waals surface area contributed by atoms with E-state index in [-0.39, 0.29) is 4.97 Å². The van der Waals surface area contributed by atoms with Crippen LogP contribution in [0.15, 0.2) is 5.28 Å². The molecular weight excluding hydrogens is 308 g/mol. The molecule has 0 aromatic heterocycles. The molecule has 0 aromatic carbocycles. The molecule has 0 unspecified atom stereocenters. The van der Waals surface area contributed by atoms with E-state index in [9.17, 15) is 5.21 Å². The fraction of sp³-hybridized carbons (Fsp3) is 1.00. The van der Waals surface area contributed by atoms with Gasteiger partial charge in [0.05, 0.1) is 18.1 Å². The van der Waals surface area contributed by atoms with E-state index < -0.39 is 8.80 Å². The third-order valence-corrected chi connectivity index (χ3v) is 6.35.